The van der Waals surface area contributed by atoms with Crippen LogP contribution in [0.25, 0.3) is 0 Å². The number of nitrogens with zero attached hydrogens (tertiary/aromatic N) is 4. The molecular weight excluding hydrogens is 298 g/mol. The molecule has 0 atom stereocenters. The van der Waals surface area contributed by atoms with Gasteiger partial charge in [0.1, 0.15) is 0 Å². The molecular formula is C11H21N5O4S. The number of sulfonamides is 1. The molecule has 0 spiro atoms. The molecule has 1 rings (SSSR count). The van der Waals surface area contributed by atoms with Gasteiger partial charge in [-0.3, -0.25) is 0 Å². The molecule has 0 bridgehead atoms. The second-order valence-corrected chi connectivity index (χ2v) is 6.15. The maximum atomic E-state index is 11.4. The van der Waals surface area contributed by atoms with Crippen molar-refractivity contribution in [3.05, 3.63) is 0 Å². The number of anilines is 1. The third-order valence-electron chi connectivity index (χ3n) is 2.65. The van der Waals surface area contributed by atoms with Gasteiger partial charge in [0.15, 0.2) is 0 Å². The van der Waals surface area contributed by atoms with Crippen LogP contribution in [-0.4, -0.2) is 67.8 Å². The molecule has 0 radical (unpaired) electrons. The molecule has 0 aliphatic heterocycles. The van der Waals surface area contributed by atoms with Crippen LogP contribution in [0.5, 0.6) is 12.0 Å². The number of aromatic nitrogens is 3. The molecule has 1 heterocycles. The average Bonchev–Trinajstić information content (AvgIpc) is 2.45. The first-order valence-electron chi connectivity index (χ1n) is 6.43. The molecule has 120 valence electrons. The van der Waals surface area contributed by atoms with Crippen LogP contribution >= 0.6 is 0 Å². The molecule has 9 nitrogen and oxygen atoms in total. The summed E-state index contributed by atoms with van der Waals surface area (Å²) in [5.41, 5.74) is 0. The molecule has 0 saturated heterocycles. The number of methoxy groups -OCH3 is 2. The molecule has 0 amide bonds. The van der Waals surface area contributed by atoms with E-state index in [0.717, 1.165) is 0 Å². The summed E-state index contributed by atoms with van der Waals surface area (Å²) >= 11 is 0. The fourth-order valence-corrected chi connectivity index (χ4v) is 2.54. The number of nitrogens with one attached hydrogen (secondary N) is 1. The zero-order valence-corrected chi connectivity index (χ0v) is 13.5. The predicted molar refractivity (Wildman–Crippen MR) is 78.1 cm³/mol. The lowest BCUT2D eigenvalue weighted by Crippen LogP contribution is -2.31. The Kier molecular flexibility index (Phi) is 6.56. The Balaban J connectivity index is 2.52. The second kappa shape index (κ2) is 7.93. The zero-order valence-electron chi connectivity index (χ0n) is 12.7. The topological polar surface area (TPSA) is 107 Å². The summed E-state index contributed by atoms with van der Waals surface area (Å²) in [6.45, 7) is 3.20. The van der Waals surface area contributed by atoms with E-state index in [0.29, 0.717) is 32.0 Å². The van der Waals surface area contributed by atoms with E-state index in [1.54, 1.807) is 6.92 Å². The molecule has 0 aromatic carbocycles. The molecule has 10 heteroatoms. The van der Waals surface area contributed by atoms with E-state index < -0.39 is 10.0 Å². The van der Waals surface area contributed by atoms with Crippen LogP contribution in [0, 0.1) is 0 Å². The summed E-state index contributed by atoms with van der Waals surface area (Å²) in [5.74, 6) is 0.320. The standard InChI is InChI=1S/C11H21N5O4S/c1-5-16(21(4,17)18)8-6-7-12-9-13-10(19-2)15-11(14-9)20-3/h5-8H2,1-4H3,(H,12,13,14,15). The highest BCUT2D eigenvalue weighted by atomic mass is 32.2. The van der Waals surface area contributed by atoms with Gasteiger partial charge in [-0.25, -0.2) is 12.7 Å². The molecule has 0 unspecified atom stereocenters. The van der Waals surface area contributed by atoms with Crippen molar-refractivity contribution >= 4 is 16.0 Å². The van der Waals surface area contributed by atoms with E-state index in [2.05, 4.69) is 20.3 Å². The summed E-state index contributed by atoms with van der Waals surface area (Å²) in [6.07, 6.45) is 1.82. The highest BCUT2D eigenvalue weighted by Crippen LogP contribution is 2.11. The van der Waals surface area contributed by atoms with Crippen LogP contribution < -0.4 is 14.8 Å². The minimum absolute atomic E-state index is 0.149. The summed E-state index contributed by atoms with van der Waals surface area (Å²) < 4.78 is 34.1. The summed E-state index contributed by atoms with van der Waals surface area (Å²) in [5, 5.41) is 2.98. The van der Waals surface area contributed by atoms with E-state index >= 15 is 0 Å². The van der Waals surface area contributed by atoms with E-state index in [9.17, 15) is 8.42 Å². The molecule has 1 aromatic rings. The van der Waals surface area contributed by atoms with E-state index in [4.69, 9.17) is 9.47 Å². The van der Waals surface area contributed by atoms with Crippen LogP contribution in [-0.2, 0) is 10.0 Å². The van der Waals surface area contributed by atoms with Crippen molar-refractivity contribution in [3.63, 3.8) is 0 Å². The van der Waals surface area contributed by atoms with E-state index in [-0.39, 0.29) is 12.0 Å². The summed E-state index contributed by atoms with van der Waals surface area (Å²) in [6, 6.07) is 0.298. The highest BCUT2D eigenvalue weighted by molar-refractivity contribution is 7.88. The Bertz CT molecular complexity index is 529. The molecule has 0 aliphatic carbocycles. The monoisotopic (exact) mass is 319 g/mol. The van der Waals surface area contributed by atoms with Gasteiger partial charge >= 0.3 is 12.0 Å². The van der Waals surface area contributed by atoms with Gasteiger partial charge in [-0.15, -0.1) is 4.98 Å². The second-order valence-electron chi connectivity index (χ2n) is 4.17. The molecule has 0 saturated carbocycles. The van der Waals surface area contributed by atoms with Crippen molar-refractivity contribution in [2.24, 2.45) is 0 Å². The van der Waals surface area contributed by atoms with Crippen molar-refractivity contribution in [2.75, 3.05) is 45.4 Å². The van der Waals surface area contributed by atoms with Gasteiger partial charge in [-0.1, -0.05) is 6.92 Å². The van der Waals surface area contributed by atoms with Gasteiger partial charge < -0.3 is 14.8 Å². The lowest BCUT2D eigenvalue weighted by atomic mass is 10.4. The predicted octanol–water partition coefficient (Wildman–Crippen LogP) is -0.0277. The largest absolute Gasteiger partial charge is 0.467 e. The van der Waals surface area contributed by atoms with Gasteiger partial charge in [0.25, 0.3) is 0 Å². The Morgan fingerprint density at radius 1 is 1.14 bits per heavy atom. The fraction of sp³-hybridized carbons (Fsp3) is 0.727. The van der Waals surface area contributed by atoms with Crippen LogP contribution in [0.4, 0.5) is 5.95 Å². The van der Waals surface area contributed by atoms with Gasteiger partial charge in [-0.05, 0) is 6.42 Å². The van der Waals surface area contributed by atoms with Gasteiger partial charge in [-0.2, -0.15) is 9.97 Å². The third kappa shape index (κ3) is 5.68. The first kappa shape index (κ1) is 17.4. The van der Waals surface area contributed by atoms with Crippen molar-refractivity contribution < 1.29 is 17.9 Å². The van der Waals surface area contributed by atoms with Gasteiger partial charge in [0, 0.05) is 19.6 Å². The first-order chi connectivity index (χ1) is 9.90. The SMILES string of the molecule is CCN(CCCNc1nc(OC)nc(OC)n1)S(C)(=O)=O. The summed E-state index contributed by atoms with van der Waals surface area (Å²) in [7, 11) is -0.261. The molecule has 1 aromatic heterocycles. The Hall–Kier alpha value is -1.68. The van der Waals surface area contributed by atoms with Crippen molar-refractivity contribution in [1.82, 2.24) is 19.3 Å². The van der Waals surface area contributed by atoms with Crippen molar-refractivity contribution in [1.29, 1.82) is 0 Å². The lowest BCUT2D eigenvalue weighted by molar-refractivity contribution is 0.341. The van der Waals surface area contributed by atoms with E-state index in [1.165, 1.54) is 24.8 Å². The van der Waals surface area contributed by atoms with Gasteiger partial charge in [0.2, 0.25) is 16.0 Å². The minimum Gasteiger partial charge on any atom is -0.467 e. The first-order valence-corrected chi connectivity index (χ1v) is 8.28. The maximum Gasteiger partial charge on any atom is 0.324 e. The zero-order chi connectivity index (χ0) is 15.9. The smallest absolute Gasteiger partial charge is 0.324 e. The minimum atomic E-state index is -3.16. The Morgan fingerprint density at radius 2 is 1.71 bits per heavy atom. The molecule has 0 aliphatic rings. The van der Waals surface area contributed by atoms with Crippen LogP contribution in [0.15, 0.2) is 0 Å². The number of hydrogen-bond acceptors (Lipinski definition) is 8. The van der Waals surface area contributed by atoms with Crippen molar-refractivity contribution in [3.8, 4) is 12.0 Å². The van der Waals surface area contributed by atoms with Crippen LogP contribution in [0.3, 0.4) is 0 Å². The third-order valence-corrected chi connectivity index (χ3v) is 4.03. The van der Waals surface area contributed by atoms with Crippen LogP contribution in [0.1, 0.15) is 13.3 Å². The average molecular weight is 319 g/mol. The quantitative estimate of drug-likeness (QED) is 0.633. The normalized spacial score (nSPS) is 11.5. The van der Waals surface area contributed by atoms with Crippen molar-refractivity contribution in [2.45, 2.75) is 13.3 Å². The van der Waals surface area contributed by atoms with Gasteiger partial charge in [0.05, 0.1) is 20.5 Å². The Morgan fingerprint density at radius 3 is 2.14 bits per heavy atom. The maximum absolute atomic E-state index is 11.4. The van der Waals surface area contributed by atoms with Crippen LogP contribution in [0.2, 0.25) is 0 Å². The molecule has 0 fully saturated rings. The van der Waals surface area contributed by atoms with E-state index in [1.807, 2.05) is 0 Å². The number of ether oxygens (including phenoxy) is 2. The summed E-state index contributed by atoms with van der Waals surface area (Å²) in [4.78, 5) is 11.9. The lowest BCUT2D eigenvalue weighted by Gasteiger charge is -2.17. The fourth-order valence-electron chi connectivity index (χ4n) is 1.61. The molecule has 21 heavy (non-hydrogen) atoms. The molecule has 1 N–H and O–H groups in total. The number of hydrogen-bond donors (Lipinski definition) is 1. The highest BCUT2D eigenvalue weighted by Gasteiger charge is 2.13. The Labute approximate surface area is 124 Å². The number of rotatable bonds is 9.